The number of amides is 1. The van der Waals surface area contributed by atoms with Crippen molar-refractivity contribution in [1.29, 1.82) is 0 Å². The van der Waals surface area contributed by atoms with Gasteiger partial charge in [0, 0.05) is 42.8 Å². The molecule has 0 unspecified atom stereocenters. The minimum absolute atomic E-state index is 0.218. The van der Waals surface area contributed by atoms with E-state index in [0.717, 1.165) is 16.9 Å². The Hall–Kier alpha value is -2.44. The maximum atomic E-state index is 12.5. The third-order valence-corrected chi connectivity index (χ3v) is 4.69. The molecule has 25 heavy (non-hydrogen) atoms. The highest BCUT2D eigenvalue weighted by Gasteiger charge is 2.15. The molecule has 1 amide bonds. The first kappa shape index (κ1) is 17.4. The van der Waals surface area contributed by atoms with Crippen LogP contribution in [0.2, 0.25) is 5.02 Å². The fourth-order valence-electron chi connectivity index (χ4n) is 2.35. The van der Waals surface area contributed by atoms with Crippen LogP contribution < -0.4 is 10.2 Å². The molecular formula is C18H17ClN4OS. The van der Waals surface area contributed by atoms with E-state index < -0.39 is 0 Å². The lowest BCUT2D eigenvalue weighted by atomic mass is 10.1. The van der Waals surface area contributed by atoms with Crippen molar-refractivity contribution >= 4 is 39.8 Å². The second-order valence-corrected chi connectivity index (χ2v) is 7.21. The molecule has 1 N–H and O–H groups in total. The number of pyridine rings is 1. The van der Waals surface area contributed by atoms with Gasteiger partial charge in [0.05, 0.1) is 5.56 Å². The zero-order chi connectivity index (χ0) is 17.8. The van der Waals surface area contributed by atoms with Gasteiger partial charge in [-0.2, -0.15) is 0 Å². The molecule has 2 aromatic heterocycles. The predicted molar refractivity (Wildman–Crippen MR) is 103 cm³/mol. The summed E-state index contributed by atoms with van der Waals surface area (Å²) in [5.74, 6) is 0.405. The van der Waals surface area contributed by atoms with Gasteiger partial charge in [-0.05, 0) is 29.8 Å². The molecule has 0 aliphatic heterocycles. The summed E-state index contributed by atoms with van der Waals surface area (Å²) in [7, 11) is 3.71. The number of carbonyl (C=O) groups is 1. The number of anilines is 2. The Morgan fingerprint density at radius 1 is 1.20 bits per heavy atom. The van der Waals surface area contributed by atoms with Crippen molar-refractivity contribution in [2.75, 3.05) is 24.3 Å². The van der Waals surface area contributed by atoms with E-state index in [4.69, 9.17) is 11.6 Å². The van der Waals surface area contributed by atoms with Crippen LogP contribution in [0.4, 0.5) is 10.9 Å². The standard InChI is InChI=1S/C18H17ClN4OS/c1-23(2)16-15(4-3-9-20-16)17(24)22-18-21-11-14(25-18)10-12-5-7-13(19)8-6-12/h3-9,11H,10H2,1-2H3,(H,21,22,24). The maximum Gasteiger partial charge on any atom is 0.261 e. The molecule has 0 saturated carbocycles. The van der Waals surface area contributed by atoms with Crippen molar-refractivity contribution in [3.05, 3.63) is 69.8 Å². The summed E-state index contributed by atoms with van der Waals surface area (Å²) in [6, 6.07) is 11.2. The summed E-state index contributed by atoms with van der Waals surface area (Å²) in [4.78, 5) is 23.9. The lowest BCUT2D eigenvalue weighted by Gasteiger charge is -2.14. The number of nitrogens with zero attached hydrogens (tertiary/aromatic N) is 3. The molecule has 7 heteroatoms. The number of rotatable bonds is 5. The predicted octanol–water partition coefficient (Wildman–Crippen LogP) is 4.10. The fraction of sp³-hybridized carbons (Fsp3) is 0.167. The van der Waals surface area contributed by atoms with Gasteiger partial charge in [0.25, 0.3) is 5.91 Å². The fourth-order valence-corrected chi connectivity index (χ4v) is 3.31. The highest BCUT2D eigenvalue weighted by atomic mass is 35.5. The highest BCUT2D eigenvalue weighted by Crippen LogP contribution is 2.23. The molecule has 0 bridgehead atoms. The largest absolute Gasteiger partial charge is 0.362 e. The summed E-state index contributed by atoms with van der Waals surface area (Å²) in [6.07, 6.45) is 4.20. The van der Waals surface area contributed by atoms with Gasteiger partial charge in [-0.15, -0.1) is 11.3 Å². The zero-order valence-electron chi connectivity index (χ0n) is 13.9. The van der Waals surface area contributed by atoms with Gasteiger partial charge in [-0.1, -0.05) is 23.7 Å². The number of nitrogens with one attached hydrogen (secondary N) is 1. The van der Waals surface area contributed by atoms with E-state index >= 15 is 0 Å². The second kappa shape index (κ2) is 7.63. The molecule has 0 aliphatic rings. The molecule has 0 saturated heterocycles. The Bertz CT molecular complexity index is 877. The van der Waals surface area contributed by atoms with Gasteiger partial charge >= 0.3 is 0 Å². The van der Waals surface area contributed by atoms with Gasteiger partial charge in [0.15, 0.2) is 5.13 Å². The molecular weight excluding hydrogens is 356 g/mol. The molecule has 0 radical (unpaired) electrons. The molecule has 3 rings (SSSR count). The van der Waals surface area contributed by atoms with Gasteiger partial charge in [0.1, 0.15) is 5.82 Å². The number of thiazole rings is 1. The molecule has 3 aromatic rings. The molecule has 0 aliphatic carbocycles. The molecule has 1 aromatic carbocycles. The lowest BCUT2D eigenvalue weighted by Crippen LogP contribution is -2.19. The molecule has 128 valence electrons. The normalized spacial score (nSPS) is 10.5. The van der Waals surface area contributed by atoms with Crippen molar-refractivity contribution < 1.29 is 4.79 Å². The topological polar surface area (TPSA) is 58.1 Å². The zero-order valence-corrected chi connectivity index (χ0v) is 15.4. The van der Waals surface area contributed by atoms with Crippen LogP contribution in [0, 0.1) is 0 Å². The van der Waals surface area contributed by atoms with Crippen LogP contribution in [-0.2, 0) is 6.42 Å². The maximum absolute atomic E-state index is 12.5. The molecule has 2 heterocycles. The average molecular weight is 373 g/mol. The third-order valence-electron chi connectivity index (χ3n) is 3.52. The molecule has 0 fully saturated rings. The first-order chi connectivity index (χ1) is 12.0. The summed E-state index contributed by atoms with van der Waals surface area (Å²) in [5, 5.41) is 4.14. The quantitative estimate of drug-likeness (QED) is 0.732. The van der Waals surface area contributed by atoms with E-state index in [1.807, 2.05) is 43.3 Å². The first-order valence-electron chi connectivity index (χ1n) is 7.66. The highest BCUT2D eigenvalue weighted by molar-refractivity contribution is 7.15. The van der Waals surface area contributed by atoms with Crippen LogP contribution in [0.25, 0.3) is 0 Å². The van der Waals surface area contributed by atoms with Crippen molar-refractivity contribution in [3.63, 3.8) is 0 Å². The Balaban J connectivity index is 1.71. The minimum Gasteiger partial charge on any atom is -0.362 e. The van der Waals surface area contributed by atoms with E-state index in [0.29, 0.717) is 21.5 Å². The lowest BCUT2D eigenvalue weighted by molar-refractivity contribution is 0.102. The molecule has 0 atom stereocenters. The Morgan fingerprint density at radius 3 is 2.68 bits per heavy atom. The van der Waals surface area contributed by atoms with Crippen LogP contribution in [-0.4, -0.2) is 30.0 Å². The summed E-state index contributed by atoms with van der Waals surface area (Å²) in [5.41, 5.74) is 1.66. The average Bonchev–Trinajstić information content (AvgIpc) is 3.03. The van der Waals surface area contributed by atoms with E-state index in [-0.39, 0.29) is 5.91 Å². The number of hydrogen-bond donors (Lipinski definition) is 1. The number of aromatic nitrogens is 2. The van der Waals surface area contributed by atoms with E-state index in [9.17, 15) is 4.79 Å². The third kappa shape index (κ3) is 4.35. The van der Waals surface area contributed by atoms with Crippen LogP contribution in [0.15, 0.2) is 48.8 Å². The summed E-state index contributed by atoms with van der Waals surface area (Å²) >= 11 is 7.36. The number of halogens is 1. The van der Waals surface area contributed by atoms with Crippen molar-refractivity contribution in [3.8, 4) is 0 Å². The monoisotopic (exact) mass is 372 g/mol. The van der Waals surface area contributed by atoms with Crippen molar-refractivity contribution in [2.24, 2.45) is 0 Å². The van der Waals surface area contributed by atoms with E-state index in [1.54, 1.807) is 24.5 Å². The van der Waals surface area contributed by atoms with Gasteiger partial charge in [-0.3, -0.25) is 10.1 Å². The van der Waals surface area contributed by atoms with Crippen LogP contribution in [0.5, 0.6) is 0 Å². The smallest absolute Gasteiger partial charge is 0.261 e. The summed E-state index contributed by atoms with van der Waals surface area (Å²) < 4.78 is 0. The number of carbonyl (C=O) groups excluding carboxylic acids is 1. The van der Waals surface area contributed by atoms with Gasteiger partial charge in [0.2, 0.25) is 0 Å². The Labute approximate surface area is 155 Å². The van der Waals surface area contributed by atoms with E-state index in [2.05, 4.69) is 15.3 Å². The first-order valence-corrected chi connectivity index (χ1v) is 8.85. The van der Waals surface area contributed by atoms with Crippen molar-refractivity contribution in [2.45, 2.75) is 6.42 Å². The number of benzene rings is 1. The van der Waals surface area contributed by atoms with Crippen LogP contribution >= 0.6 is 22.9 Å². The van der Waals surface area contributed by atoms with Crippen LogP contribution in [0.1, 0.15) is 20.8 Å². The molecule has 5 nitrogen and oxygen atoms in total. The minimum atomic E-state index is -0.218. The summed E-state index contributed by atoms with van der Waals surface area (Å²) in [6.45, 7) is 0. The van der Waals surface area contributed by atoms with Crippen molar-refractivity contribution in [1.82, 2.24) is 9.97 Å². The molecule has 0 spiro atoms. The van der Waals surface area contributed by atoms with Crippen LogP contribution in [0.3, 0.4) is 0 Å². The second-order valence-electron chi connectivity index (χ2n) is 5.66. The number of hydrogen-bond acceptors (Lipinski definition) is 5. The van der Waals surface area contributed by atoms with Gasteiger partial charge < -0.3 is 4.90 Å². The Morgan fingerprint density at radius 2 is 1.96 bits per heavy atom. The SMILES string of the molecule is CN(C)c1ncccc1C(=O)Nc1ncc(Cc2ccc(Cl)cc2)s1. The van der Waals surface area contributed by atoms with Gasteiger partial charge in [-0.25, -0.2) is 9.97 Å². The van der Waals surface area contributed by atoms with E-state index in [1.165, 1.54) is 11.3 Å². The Kier molecular flexibility index (Phi) is 5.31.